The second-order valence-corrected chi connectivity index (χ2v) is 5.51. The van der Waals surface area contributed by atoms with Crippen molar-refractivity contribution in [1.29, 1.82) is 0 Å². The second kappa shape index (κ2) is 9.30. The number of nitrogens with zero attached hydrogens (tertiary/aromatic N) is 1. The quantitative estimate of drug-likeness (QED) is 0.540. The average molecular weight is 373 g/mol. The topological polar surface area (TPSA) is 120 Å². The Hall–Kier alpha value is -3.46. The highest BCUT2D eigenvalue weighted by molar-refractivity contribution is 5.95. The van der Waals surface area contributed by atoms with Gasteiger partial charge in [-0.15, -0.1) is 0 Å². The van der Waals surface area contributed by atoms with Crippen molar-refractivity contribution in [2.24, 2.45) is 0 Å². The fourth-order valence-corrected chi connectivity index (χ4v) is 2.35. The highest BCUT2D eigenvalue weighted by atomic mass is 16.6. The summed E-state index contributed by atoms with van der Waals surface area (Å²) in [6, 6.07) is 10.9. The van der Waals surface area contributed by atoms with Crippen LogP contribution in [0.2, 0.25) is 0 Å². The van der Waals surface area contributed by atoms with Gasteiger partial charge in [0.05, 0.1) is 12.0 Å². The highest BCUT2D eigenvalue weighted by Gasteiger charge is 2.18. The third kappa shape index (κ3) is 5.51. The van der Waals surface area contributed by atoms with Crippen LogP contribution in [0, 0.1) is 10.1 Å². The average Bonchev–Trinajstić information content (AvgIpc) is 2.66. The zero-order valence-corrected chi connectivity index (χ0v) is 14.9. The summed E-state index contributed by atoms with van der Waals surface area (Å²) in [4.78, 5) is 34.3. The number of rotatable bonds is 8. The lowest BCUT2D eigenvalue weighted by molar-refractivity contribution is -0.385. The summed E-state index contributed by atoms with van der Waals surface area (Å²) in [7, 11) is 2.75. The summed E-state index contributed by atoms with van der Waals surface area (Å²) in [5.74, 6) is -0.671. The zero-order valence-electron chi connectivity index (χ0n) is 14.9. The van der Waals surface area contributed by atoms with E-state index in [1.807, 2.05) is 0 Å². The first-order valence-electron chi connectivity index (χ1n) is 7.93. The molecule has 0 aliphatic rings. The van der Waals surface area contributed by atoms with Gasteiger partial charge in [0.2, 0.25) is 5.91 Å². The Labute approximate surface area is 155 Å². The summed E-state index contributed by atoms with van der Waals surface area (Å²) < 4.78 is 9.67. The van der Waals surface area contributed by atoms with E-state index < -0.39 is 10.8 Å². The van der Waals surface area contributed by atoms with E-state index in [1.165, 1.54) is 26.4 Å². The molecule has 142 valence electrons. The van der Waals surface area contributed by atoms with Gasteiger partial charge in [0, 0.05) is 31.0 Å². The molecule has 0 saturated carbocycles. The first-order valence-corrected chi connectivity index (χ1v) is 7.93. The number of nitro benzene ring substituents is 1. The molecular formula is C18H19N3O6. The molecule has 2 N–H and O–H groups in total. The Morgan fingerprint density at radius 3 is 2.59 bits per heavy atom. The Kier molecular flexibility index (Phi) is 6.84. The van der Waals surface area contributed by atoms with E-state index in [-0.39, 0.29) is 36.1 Å². The zero-order chi connectivity index (χ0) is 19.8. The molecule has 0 atom stereocenters. The predicted molar refractivity (Wildman–Crippen MR) is 97.8 cm³/mol. The standard InChI is InChI=1S/C18H19N3O6/c1-26-11-17(22)20-14-5-3-4-12(8-14)10-19-18(23)13-6-7-16(27-2)15(9-13)21(24)25/h3-9H,10-11H2,1-2H3,(H,19,23)(H,20,22). The van der Waals surface area contributed by atoms with Crippen molar-refractivity contribution in [3.63, 3.8) is 0 Å². The number of carbonyl (C=O) groups is 2. The Morgan fingerprint density at radius 1 is 1.15 bits per heavy atom. The molecular weight excluding hydrogens is 354 g/mol. The van der Waals surface area contributed by atoms with Crippen LogP contribution in [0.3, 0.4) is 0 Å². The van der Waals surface area contributed by atoms with Crippen LogP contribution in [0.5, 0.6) is 5.75 Å². The monoisotopic (exact) mass is 373 g/mol. The molecule has 2 aromatic carbocycles. The van der Waals surface area contributed by atoms with E-state index in [9.17, 15) is 19.7 Å². The Balaban J connectivity index is 2.04. The van der Waals surface area contributed by atoms with Crippen LogP contribution in [0.1, 0.15) is 15.9 Å². The number of anilines is 1. The van der Waals surface area contributed by atoms with E-state index >= 15 is 0 Å². The second-order valence-electron chi connectivity index (χ2n) is 5.51. The van der Waals surface area contributed by atoms with Gasteiger partial charge in [-0.2, -0.15) is 0 Å². The van der Waals surface area contributed by atoms with Gasteiger partial charge >= 0.3 is 5.69 Å². The van der Waals surface area contributed by atoms with Crippen molar-refractivity contribution in [2.75, 3.05) is 26.1 Å². The van der Waals surface area contributed by atoms with Gasteiger partial charge in [-0.05, 0) is 29.8 Å². The normalized spacial score (nSPS) is 10.1. The van der Waals surface area contributed by atoms with Crippen LogP contribution < -0.4 is 15.4 Å². The fraction of sp³-hybridized carbons (Fsp3) is 0.222. The maximum atomic E-state index is 12.3. The van der Waals surface area contributed by atoms with Crippen molar-refractivity contribution >= 4 is 23.2 Å². The molecule has 0 aromatic heterocycles. The minimum Gasteiger partial charge on any atom is -0.490 e. The SMILES string of the molecule is COCC(=O)Nc1cccc(CNC(=O)c2ccc(OC)c([N+](=O)[O-])c2)c1. The van der Waals surface area contributed by atoms with Gasteiger partial charge in [-0.1, -0.05) is 12.1 Å². The molecule has 0 saturated heterocycles. The van der Waals surface area contributed by atoms with Crippen LogP contribution in [-0.2, 0) is 16.1 Å². The number of ether oxygens (including phenoxy) is 2. The van der Waals surface area contributed by atoms with E-state index in [0.29, 0.717) is 5.69 Å². The number of carbonyl (C=O) groups excluding carboxylic acids is 2. The number of hydrogen-bond donors (Lipinski definition) is 2. The van der Waals surface area contributed by atoms with Crippen molar-refractivity contribution in [2.45, 2.75) is 6.54 Å². The molecule has 9 nitrogen and oxygen atoms in total. The van der Waals surface area contributed by atoms with Crippen molar-refractivity contribution < 1.29 is 24.0 Å². The lowest BCUT2D eigenvalue weighted by Crippen LogP contribution is -2.23. The number of hydrogen-bond acceptors (Lipinski definition) is 6. The number of nitrogens with one attached hydrogen (secondary N) is 2. The molecule has 0 radical (unpaired) electrons. The fourth-order valence-electron chi connectivity index (χ4n) is 2.35. The van der Waals surface area contributed by atoms with Gasteiger partial charge in [0.15, 0.2) is 5.75 Å². The molecule has 0 aliphatic carbocycles. The van der Waals surface area contributed by atoms with Crippen molar-refractivity contribution in [3.05, 3.63) is 63.7 Å². The van der Waals surface area contributed by atoms with Gasteiger partial charge in [-0.25, -0.2) is 0 Å². The van der Waals surface area contributed by atoms with E-state index in [4.69, 9.17) is 9.47 Å². The van der Waals surface area contributed by atoms with Gasteiger partial charge in [-0.3, -0.25) is 19.7 Å². The van der Waals surface area contributed by atoms with Crippen LogP contribution in [0.25, 0.3) is 0 Å². The van der Waals surface area contributed by atoms with Crippen molar-refractivity contribution in [1.82, 2.24) is 5.32 Å². The molecule has 0 aliphatic heterocycles. The number of benzene rings is 2. The summed E-state index contributed by atoms with van der Waals surface area (Å²) in [6.07, 6.45) is 0. The number of methoxy groups -OCH3 is 2. The Morgan fingerprint density at radius 2 is 1.93 bits per heavy atom. The molecule has 0 heterocycles. The highest BCUT2D eigenvalue weighted by Crippen LogP contribution is 2.27. The van der Waals surface area contributed by atoms with Crippen LogP contribution in [-0.4, -0.2) is 37.6 Å². The summed E-state index contributed by atoms with van der Waals surface area (Å²) in [5, 5.41) is 16.4. The maximum absolute atomic E-state index is 12.3. The molecule has 2 rings (SSSR count). The Bertz CT molecular complexity index is 853. The van der Waals surface area contributed by atoms with E-state index in [1.54, 1.807) is 24.3 Å². The summed E-state index contributed by atoms with van der Waals surface area (Å²) >= 11 is 0. The van der Waals surface area contributed by atoms with Crippen molar-refractivity contribution in [3.8, 4) is 5.75 Å². The maximum Gasteiger partial charge on any atom is 0.311 e. The molecule has 0 fully saturated rings. The minimum atomic E-state index is -0.609. The van der Waals surface area contributed by atoms with E-state index in [0.717, 1.165) is 11.6 Å². The van der Waals surface area contributed by atoms with Crippen LogP contribution in [0.4, 0.5) is 11.4 Å². The smallest absolute Gasteiger partial charge is 0.311 e. The lowest BCUT2D eigenvalue weighted by Gasteiger charge is -2.09. The van der Waals surface area contributed by atoms with Crippen LogP contribution in [0.15, 0.2) is 42.5 Å². The third-order valence-corrected chi connectivity index (χ3v) is 3.58. The van der Waals surface area contributed by atoms with Gasteiger partial charge < -0.3 is 20.1 Å². The molecule has 9 heteroatoms. The molecule has 2 aromatic rings. The van der Waals surface area contributed by atoms with Gasteiger partial charge in [0.1, 0.15) is 6.61 Å². The first-order chi connectivity index (χ1) is 12.9. The number of amides is 2. The molecule has 0 spiro atoms. The first kappa shape index (κ1) is 19.9. The van der Waals surface area contributed by atoms with Crippen LogP contribution >= 0.6 is 0 Å². The summed E-state index contributed by atoms with van der Waals surface area (Å²) in [6.45, 7) is 0.129. The lowest BCUT2D eigenvalue weighted by atomic mass is 10.1. The summed E-state index contributed by atoms with van der Waals surface area (Å²) in [5.41, 5.74) is 1.19. The molecule has 2 amide bonds. The predicted octanol–water partition coefficient (Wildman–Crippen LogP) is 2.12. The largest absolute Gasteiger partial charge is 0.490 e. The molecule has 0 bridgehead atoms. The van der Waals surface area contributed by atoms with E-state index in [2.05, 4.69) is 10.6 Å². The third-order valence-electron chi connectivity index (χ3n) is 3.58. The van der Waals surface area contributed by atoms with Gasteiger partial charge in [0.25, 0.3) is 5.91 Å². The minimum absolute atomic E-state index is 0.0583. The molecule has 27 heavy (non-hydrogen) atoms. The molecule has 0 unspecified atom stereocenters. The number of nitro groups is 1.